The molecule has 5 N–H and O–H groups in total. The van der Waals surface area contributed by atoms with Gasteiger partial charge in [-0.15, -0.1) is 0 Å². The third kappa shape index (κ3) is 9.63. The fraction of sp³-hybridized carbons (Fsp3) is 0.933. The topological polar surface area (TPSA) is 138 Å². The molecule has 4 saturated heterocycles. The van der Waals surface area contributed by atoms with Gasteiger partial charge in [0.15, 0.2) is 0 Å². The van der Waals surface area contributed by atoms with Crippen LogP contribution in [0.25, 0.3) is 0 Å². The second-order valence-corrected chi connectivity index (χ2v) is 11.1. The highest BCUT2D eigenvalue weighted by Gasteiger charge is 2.53. The van der Waals surface area contributed by atoms with Gasteiger partial charge in [0, 0.05) is 26.1 Å². The summed E-state index contributed by atoms with van der Waals surface area (Å²) in [5.41, 5.74) is -1.05. The first-order valence-electron chi connectivity index (χ1n) is 15.1. The van der Waals surface area contributed by atoms with Gasteiger partial charge in [-0.05, 0) is 58.3 Å². The number of ether oxygens (including phenoxy) is 4. The fourth-order valence-electron chi connectivity index (χ4n) is 6.29. The van der Waals surface area contributed by atoms with Gasteiger partial charge in [-0.2, -0.15) is 0 Å². The van der Waals surface area contributed by atoms with E-state index in [0.717, 1.165) is 70.6 Å². The van der Waals surface area contributed by atoms with Gasteiger partial charge in [-0.3, -0.25) is 0 Å². The largest absolute Gasteiger partial charge is 0.397 e. The first-order valence-corrected chi connectivity index (χ1v) is 15.1. The Balaban J connectivity index is 0.000000249. The van der Waals surface area contributed by atoms with E-state index in [1.54, 1.807) is 6.92 Å². The van der Waals surface area contributed by atoms with Crippen LogP contribution in [-0.4, -0.2) is 106 Å². The van der Waals surface area contributed by atoms with Crippen molar-refractivity contribution in [2.75, 3.05) is 33.0 Å². The lowest BCUT2D eigenvalue weighted by molar-refractivity contribution is -0.183. The molecule has 0 aliphatic carbocycles. The molecule has 8 atom stereocenters. The Labute approximate surface area is 235 Å². The zero-order chi connectivity index (χ0) is 28.7. The van der Waals surface area contributed by atoms with E-state index in [1.807, 2.05) is 0 Å². The van der Waals surface area contributed by atoms with E-state index in [2.05, 4.69) is 25.7 Å². The van der Waals surface area contributed by atoms with Crippen LogP contribution in [0.5, 0.6) is 0 Å². The first kappa shape index (κ1) is 34.4. The molecule has 0 aromatic carbocycles. The monoisotopic (exact) mass is 558 g/mol. The number of hydrogen-bond donors (Lipinski definition) is 5. The molecule has 0 unspecified atom stereocenters. The van der Waals surface area contributed by atoms with Crippen LogP contribution in [0.3, 0.4) is 0 Å². The van der Waals surface area contributed by atoms with E-state index in [9.17, 15) is 10.2 Å². The number of hydrogen-bond acceptors (Lipinski definition) is 9. The van der Waals surface area contributed by atoms with Crippen molar-refractivity contribution >= 4 is 0 Å². The molecule has 4 rings (SSSR count). The second kappa shape index (κ2) is 17.9. The molecule has 4 aliphatic rings. The molecule has 4 aliphatic heterocycles. The normalized spacial score (nSPS) is 36.8. The quantitative estimate of drug-likeness (QED) is 0.270. The van der Waals surface area contributed by atoms with Crippen molar-refractivity contribution in [2.24, 2.45) is 0 Å². The SMILES string of the molecule is CCC[C@H]1CC[C@@H]2O[C@@H](C#CCO)C[C@]2(CO)O1.CCC[C@H]1CC[C@@H]2O[C@@H](CCCO)C[C@]2(CO)O1.CCO. The highest BCUT2D eigenvalue weighted by molar-refractivity contribution is 5.13. The molecule has 0 spiro atoms. The summed E-state index contributed by atoms with van der Waals surface area (Å²) in [5.74, 6) is 5.50. The molecule has 39 heavy (non-hydrogen) atoms. The summed E-state index contributed by atoms with van der Waals surface area (Å²) in [6.45, 7) is 6.31. The molecular formula is C30H54O9. The van der Waals surface area contributed by atoms with Gasteiger partial charge >= 0.3 is 0 Å². The minimum absolute atomic E-state index is 0.0187. The van der Waals surface area contributed by atoms with Crippen LogP contribution in [0.4, 0.5) is 0 Å². The molecule has 0 saturated carbocycles. The van der Waals surface area contributed by atoms with Crippen LogP contribution in [0.2, 0.25) is 0 Å². The molecule has 0 amide bonds. The van der Waals surface area contributed by atoms with E-state index in [-0.39, 0.29) is 69.7 Å². The number of aliphatic hydroxyl groups excluding tert-OH is 5. The van der Waals surface area contributed by atoms with Crippen LogP contribution in [0.1, 0.15) is 97.8 Å². The van der Waals surface area contributed by atoms with E-state index in [0.29, 0.717) is 6.42 Å². The molecule has 0 aromatic heterocycles. The lowest BCUT2D eigenvalue weighted by atomic mass is 9.86. The van der Waals surface area contributed by atoms with Crippen molar-refractivity contribution in [1.82, 2.24) is 0 Å². The Morgan fingerprint density at radius 2 is 1.23 bits per heavy atom. The summed E-state index contributed by atoms with van der Waals surface area (Å²) >= 11 is 0. The molecule has 0 bridgehead atoms. The Morgan fingerprint density at radius 3 is 1.72 bits per heavy atom. The molecule has 0 aromatic rings. The Morgan fingerprint density at radius 1 is 0.692 bits per heavy atom. The van der Waals surface area contributed by atoms with Gasteiger partial charge < -0.3 is 44.5 Å². The molecule has 9 nitrogen and oxygen atoms in total. The lowest BCUT2D eigenvalue weighted by Gasteiger charge is -2.40. The average Bonchev–Trinajstić information content (AvgIpc) is 3.50. The van der Waals surface area contributed by atoms with Gasteiger partial charge in [0.05, 0.1) is 43.7 Å². The zero-order valence-corrected chi connectivity index (χ0v) is 24.4. The number of rotatable bonds is 9. The molecular weight excluding hydrogens is 504 g/mol. The highest BCUT2D eigenvalue weighted by Crippen LogP contribution is 2.44. The predicted molar refractivity (Wildman–Crippen MR) is 148 cm³/mol. The van der Waals surface area contributed by atoms with E-state index in [4.69, 9.17) is 34.3 Å². The number of aliphatic hydroxyl groups is 5. The molecule has 4 fully saturated rings. The predicted octanol–water partition coefficient (Wildman–Crippen LogP) is 2.48. The minimum Gasteiger partial charge on any atom is -0.397 e. The van der Waals surface area contributed by atoms with Crippen LogP contribution >= 0.6 is 0 Å². The van der Waals surface area contributed by atoms with Gasteiger partial charge in [-0.25, -0.2) is 0 Å². The summed E-state index contributed by atoms with van der Waals surface area (Å²) in [5, 5.41) is 44.6. The summed E-state index contributed by atoms with van der Waals surface area (Å²) < 4.78 is 24.1. The van der Waals surface area contributed by atoms with Crippen molar-refractivity contribution < 1.29 is 44.5 Å². The standard InChI is InChI=1S/C14H26O4.C14H22O4.C2H6O/c2*1-2-4-11-6-7-13-14(10-16,18-11)9-12(17-13)5-3-8-15;1-2-3/h11-13,15-16H,2-10H2,1H3;11-13,15-16H,2,4,6-10H2,1H3;3H,2H2,1H3/t2*11-,12-,13-,14+;/m00./s1. The summed E-state index contributed by atoms with van der Waals surface area (Å²) in [7, 11) is 0. The summed E-state index contributed by atoms with van der Waals surface area (Å²) in [6.07, 6.45) is 11.6. The van der Waals surface area contributed by atoms with Crippen LogP contribution < -0.4 is 0 Å². The van der Waals surface area contributed by atoms with Crippen molar-refractivity contribution in [2.45, 2.75) is 146 Å². The van der Waals surface area contributed by atoms with Gasteiger partial charge in [0.1, 0.15) is 23.9 Å². The van der Waals surface area contributed by atoms with E-state index < -0.39 is 11.2 Å². The Bertz CT molecular complexity index is 725. The first-order chi connectivity index (χ1) is 18.9. The van der Waals surface area contributed by atoms with Gasteiger partial charge in [0.25, 0.3) is 0 Å². The Kier molecular flexibility index (Phi) is 15.8. The fourth-order valence-corrected chi connectivity index (χ4v) is 6.29. The molecule has 4 heterocycles. The Hall–Kier alpha value is -0.800. The van der Waals surface area contributed by atoms with Crippen LogP contribution in [-0.2, 0) is 18.9 Å². The molecule has 9 heteroatoms. The van der Waals surface area contributed by atoms with Crippen molar-refractivity contribution in [3.8, 4) is 11.8 Å². The van der Waals surface area contributed by atoms with Gasteiger partial charge in [-0.1, -0.05) is 38.5 Å². The molecule has 228 valence electrons. The smallest absolute Gasteiger partial charge is 0.121 e. The summed E-state index contributed by atoms with van der Waals surface area (Å²) in [4.78, 5) is 0. The maximum Gasteiger partial charge on any atom is 0.121 e. The average molecular weight is 559 g/mol. The third-order valence-corrected chi connectivity index (χ3v) is 8.05. The second-order valence-electron chi connectivity index (χ2n) is 11.1. The van der Waals surface area contributed by atoms with Crippen LogP contribution in [0.15, 0.2) is 0 Å². The van der Waals surface area contributed by atoms with E-state index >= 15 is 0 Å². The maximum atomic E-state index is 9.73. The number of fused-ring (bicyclic) bond motifs is 2. The minimum atomic E-state index is -0.576. The van der Waals surface area contributed by atoms with Crippen molar-refractivity contribution in [1.29, 1.82) is 0 Å². The molecule has 0 radical (unpaired) electrons. The zero-order valence-electron chi connectivity index (χ0n) is 24.4. The lowest BCUT2D eigenvalue weighted by Crippen LogP contribution is -2.51. The summed E-state index contributed by atoms with van der Waals surface area (Å²) in [6, 6.07) is 0. The van der Waals surface area contributed by atoms with Crippen LogP contribution in [0, 0.1) is 11.8 Å². The van der Waals surface area contributed by atoms with Crippen molar-refractivity contribution in [3.63, 3.8) is 0 Å². The van der Waals surface area contributed by atoms with E-state index in [1.165, 1.54) is 0 Å². The van der Waals surface area contributed by atoms with Gasteiger partial charge in [0.2, 0.25) is 0 Å². The third-order valence-electron chi connectivity index (χ3n) is 8.05. The highest BCUT2D eigenvalue weighted by atomic mass is 16.6. The maximum absolute atomic E-state index is 9.73. The van der Waals surface area contributed by atoms with Crippen molar-refractivity contribution in [3.05, 3.63) is 0 Å².